The molecule has 126 valence electrons. The number of benzene rings is 1. The van der Waals surface area contributed by atoms with E-state index in [1.807, 2.05) is 30.3 Å². The van der Waals surface area contributed by atoms with Crippen LogP contribution in [0.25, 0.3) is 0 Å². The van der Waals surface area contributed by atoms with Gasteiger partial charge in [0, 0.05) is 0 Å². The van der Waals surface area contributed by atoms with E-state index in [1.165, 1.54) is 0 Å². The van der Waals surface area contributed by atoms with Gasteiger partial charge in [0.25, 0.3) is 0 Å². The van der Waals surface area contributed by atoms with Gasteiger partial charge in [-0.15, -0.1) is 0 Å². The van der Waals surface area contributed by atoms with Crippen molar-refractivity contribution in [3.63, 3.8) is 0 Å². The molecule has 1 fully saturated rings. The van der Waals surface area contributed by atoms with Gasteiger partial charge in [-0.3, -0.25) is 0 Å². The summed E-state index contributed by atoms with van der Waals surface area (Å²) in [5.74, 6) is 2.15. The standard InChI is InChI=1S/C23H29N/c1-16(22(24)20-11-6-5-7-12-20)14-15-19-10-8-9-13-21(19)23(4)17(2)18(23)3/h5-9,11-14,17-19,24H,10,15H2,1-4H3/b16-14-,24-22?. The Morgan fingerprint density at radius 2 is 1.88 bits per heavy atom. The molecule has 0 radical (unpaired) electrons. The molecule has 3 rings (SSSR count). The van der Waals surface area contributed by atoms with Gasteiger partial charge in [-0.05, 0) is 54.1 Å². The molecule has 0 amide bonds. The summed E-state index contributed by atoms with van der Waals surface area (Å²) in [6.45, 7) is 9.27. The average molecular weight is 319 g/mol. The predicted molar refractivity (Wildman–Crippen MR) is 103 cm³/mol. The molecule has 1 aromatic carbocycles. The highest BCUT2D eigenvalue weighted by molar-refractivity contribution is 6.10. The molecule has 0 bridgehead atoms. The summed E-state index contributed by atoms with van der Waals surface area (Å²) in [5.41, 5.74) is 4.73. The monoisotopic (exact) mass is 319 g/mol. The highest BCUT2D eigenvalue weighted by Crippen LogP contribution is 2.64. The summed E-state index contributed by atoms with van der Waals surface area (Å²) in [7, 11) is 0. The Balaban J connectivity index is 1.72. The van der Waals surface area contributed by atoms with Gasteiger partial charge in [-0.1, -0.05) is 81.0 Å². The van der Waals surface area contributed by atoms with Crippen molar-refractivity contribution in [1.82, 2.24) is 0 Å². The van der Waals surface area contributed by atoms with Gasteiger partial charge in [0.1, 0.15) is 0 Å². The van der Waals surface area contributed by atoms with E-state index in [4.69, 9.17) is 5.41 Å². The van der Waals surface area contributed by atoms with Crippen LogP contribution in [0.5, 0.6) is 0 Å². The van der Waals surface area contributed by atoms with E-state index in [2.05, 4.69) is 52.0 Å². The van der Waals surface area contributed by atoms with Gasteiger partial charge in [0.15, 0.2) is 0 Å². The Bertz CT molecular complexity index is 697. The molecule has 24 heavy (non-hydrogen) atoms. The third-order valence-electron chi connectivity index (χ3n) is 6.59. The molecule has 3 atom stereocenters. The SMILES string of the molecule is C/C(=C/CC1CC=CC=C1C1(C)C(C)C1C)C(=N)c1ccccc1. The van der Waals surface area contributed by atoms with Crippen LogP contribution in [0.15, 0.2) is 65.8 Å². The molecule has 0 aromatic heterocycles. The fourth-order valence-corrected chi connectivity index (χ4v) is 4.28. The van der Waals surface area contributed by atoms with Crippen molar-refractivity contribution in [1.29, 1.82) is 5.41 Å². The molecule has 1 N–H and O–H groups in total. The average Bonchev–Trinajstić information content (AvgIpc) is 3.12. The third-order valence-corrected chi connectivity index (χ3v) is 6.59. The smallest absolute Gasteiger partial charge is 0.0638 e. The largest absolute Gasteiger partial charge is 0.300 e. The maximum absolute atomic E-state index is 8.41. The first-order chi connectivity index (χ1) is 11.5. The van der Waals surface area contributed by atoms with Crippen molar-refractivity contribution in [3.05, 3.63) is 71.3 Å². The Morgan fingerprint density at radius 1 is 1.21 bits per heavy atom. The van der Waals surface area contributed by atoms with Crippen LogP contribution >= 0.6 is 0 Å². The van der Waals surface area contributed by atoms with Gasteiger partial charge in [0.2, 0.25) is 0 Å². The highest BCUT2D eigenvalue weighted by atomic mass is 14.6. The van der Waals surface area contributed by atoms with Crippen molar-refractivity contribution < 1.29 is 0 Å². The second-order valence-corrected chi connectivity index (χ2v) is 7.71. The number of hydrogen-bond acceptors (Lipinski definition) is 1. The molecule has 1 aromatic rings. The van der Waals surface area contributed by atoms with Gasteiger partial charge < -0.3 is 5.41 Å². The van der Waals surface area contributed by atoms with Gasteiger partial charge in [0.05, 0.1) is 5.71 Å². The molecular formula is C23H29N. The number of rotatable bonds is 5. The lowest BCUT2D eigenvalue weighted by atomic mass is 9.78. The zero-order valence-corrected chi connectivity index (χ0v) is 15.3. The normalized spacial score (nSPS) is 32.4. The summed E-state index contributed by atoms with van der Waals surface area (Å²) in [4.78, 5) is 0. The highest BCUT2D eigenvalue weighted by Gasteiger charge is 2.58. The first-order valence-electron chi connectivity index (χ1n) is 9.14. The number of nitrogens with one attached hydrogen (secondary N) is 1. The van der Waals surface area contributed by atoms with Gasteiger partial charge >= 0.3 is 0 Å². The van der Waals surface area contributed by atoms with Crippen LogP contribution < -0.4 is 0 Å². The van der Waals surface area contributed by atoms with Crippen LogP contribution in [0.3, 0.4) is 0 Å². The van der Waals surface area contributed by atoms with E-state index in [0.29, 0.717) is 17.0 Å². The Hall–Kier alpha value is -1.89. The summed E-state index contributed by atoms with van der Waals surface area (Å²) in [6.07, 6.45) is 11.3. The Kier molecular flexibility index (Phi) is 4.62. The first kappa shape index (κ1) is 17.0. The number of allylic oxidation sites excluding steroid dienone is 6. The van der Waals surface area contributed by atoms with E-state index in [1.54, 1.807) is 5.57 Å². The quantitative estimate of drug-likeness (QED) is 0.626. The lowest BCUT2D eigenvalue weighted by Crippen LogP contribution is -2.16. The van der Waals surface area contributed by atoms with Crippen LogP contribution in [0, 0.1) is 28.6 Å². The maximum atomic E-state index is 8.41. The summed E-state index contributed by atoms with van der Waals surface area (Å²) in [6, 6.07) is 10.0. The minimum absolute atomic E-state index is 0.379. The van der Waals surface area contributed by atoms with E-state index in [9.17, 15) is 0 Å². The minimum Gasteiger partial charge on any atom is -0.300 e. The minimum atomic E-state index is 0.379. The van der Waals surface area contributed by atoms with E-state index in [-0.39, 0.29) is 0 Å². The summed E-state index contributed by atoms with van der Waals surface area (Å²) in [5, 5.41) is 8.41. The Labute approximate surface area is 146 Å². The van der Waals surface area contributed by atoms with Crippen LogP contribution in [0.4, 0.5) is 0 Å². The summed E-state index contributed by atoms with van der Waals surface area (Å²) < 4.78 is 0. The molecule has 1 saturated carbocycles. The van der Waals surface area contributed by atoms with Crippen LogP contribution in [-0.2, 0) is 0 Å². The van der Waals surface area contributed by atoms with Gasteiger partial charge in [-0.25, -0.2) is 0 Å². The second kappa shape index (κ2) is 6.55. The first-order valence-corrected chi connectivity index (χ1v) is 9.14. The number of hydrogen-bond donors (Lipinski definition) is 1. The molecule has 2 aliphatic carbocycles. The third kappa shape index (κ3) is 2.92. The van der Waals surface area contributed by atoms with Crippen LogP contribution in [0.1, 0.15) is 46.1 Å². The predicted octanol–water partition coefficient (Wildman–Crippen LogP) is 6.19. The van der Waals surface area contributed by atoms with Crippen molar-refractivity contribution in [2.45, 2.75) is 40.5 Å². The maximum Gasteiger partial charge on any atom is 0.0638 e. The van der Waals surface area contributed by atoms with Crippen molar-refractivity contribution >= 4 is 5.71 Å². The van der Waals surface area contributed by atoms with Crippen molar-refractivity contribution in [3.8, 4) is 0 Å². The molecule has 0 spiro atoms. The lowest BCUT2D eigenvalue weighted by molar-refractivity contribution is 0.474. The lowest BCUT2D eigenvalue weighted by Gasteiger charge is -2.27. The second-order valence-electron chi connectivity index (χ2n) is 7.71. The molecule has 1 nitrogen and oxygen atoms in total. The van der Waals surface area contributed by atoms with E-state index in [0.717, 1.165) is 35.8 Å². The molecule has 0 heterocycles. The zero-order chi connectivity index (χ0) is 17.3. The molecule has 0 aliphatic heterocycles. The Morgan fingerprint density at radius 3 is 2.50 bits per heavy atom. The van der Waals surface area contributed by atoms with Crippen molar-refractivity contribution in [2.24, 2.45) is 23.2 Å². The molecule has 0 saturated heterocycles. The zero-order valence-electron chi connectivity index (χ0n) is 15.3. The fraction of sp³-hybridized carbons (Fsp3) is 0.435. The summed E-state index contributed by atoms with van der Waals surface area (Å²) >= 11 is 0. The molecule has 1 heteroatoms. The van der Waals surface area contributed by atoms with Crippen LogP contribution in [0.2, 0.25) is 0 Å². The van der Waals surface area contributed by atoms with E-state index >= 15 is 0 Å². The van der Waals surface area contributed by atoms with Gasteiger partial charge in [-0.2, -0.15) is 0 Å². The molecule has 2 aliphatic rings. The molecular weight excluding hydrogens is 290 g/mol. The topological polar surface area (TPSA) is 23.9 Å². The van der Waals surface area contributed by atoms with Crippen molar-refractivity contribution in [2.75, 3.05) is 0 Å². The molecule has 3 unspecified atom stereocenters. The fourth-order valence-electron chi connectivity index (χ4n) is 4.28. The van der Waals surface area contributed by atoms with Crippen LogP contribution in [-0.4, -0.2) is 5.71 Å². The van der Waals surface area contributed by atoms with E-state index < -0.39 is 0 Å².